The predicted molar refractivity (Wildman–Crippen MR) is 56.6 cm³/mol. The van der Waals surface area contributed by atoms with Crippen molar-refractivity contribution in [3.05, 3.63) is 12.2 Å². The molecule has 2 aliphatic rings. The van der Waals surface area contributed by atoms with E-state index in [1.807, 2.05) is 0 Å². The maximum Gasteiger partial charge on any atom is 0.0306 e. The fraction of sp³-hybridized carbons (Fsp3) is 0.833. The van der Waals surface area contributed by atoms with Crippen LogP contribution >= 0.6 is 0 Å². The van der Waals surface area contributed by atoms with E-state index in [0.29, 0.717) is 5.41 Å². The Kier molecular flexibility index (Phi) is 2.03. The highest BCUT2D eigenvalue weighted by atomic mass is 15.2. The lowest BCUT2D eigenvalue weighted by Crippen LogP contribution is -2.27. The molecule has 1 saturated heterocycles. The maximum atomic E-state index is 2.50. The van der Waals surface area contributed by atoms with Crippen LogP contribution in [0.1, 0.15) is 27.2 Å². The largest absolute Gasteiger partial charge is 0.299 e. The minimum absolute atomic E-state index is 0.341. The van der Waals surface area contributed by atoms with Gasteiger partial charge in [0.15, 0.2) is 0 Å². The summed E-state index contributed by atoms with van der Waals surface area (Å²) in [6.07, 6.45) is 6.27. The molecule has 0 radical (unpaired) electrons. The van der Waals surface area contributed by atoms with E-state index in [2.05, 4.69) is 44.9 Å². The van der Waals surface area contributed by atoms with E-state index in [4.69, 9.17) is 0 Å². The molecule has 0 N–H and O–H groups in total. The van der Waals surface area contributed by atoms with Crippen molar-refractivity contribution in [3.63, 3.8) is 0 Å². The third kappa shape index (κ3) is 1.96. The van der Waals surface area contributed by atoms with Crippen LogP contribution in [0.3, 0.4) is 0 Å². The van der Waals surface area contributed by atoms with Crippen molar-refractivity contribution in [1.29, 1.82) is 0 Å². The van der Waals surface area contributed by atoms with E-state index in [0.717, 1.165) is 17.9 Å². The molecule has 0 bridgehead atoms. The van der Waals surface area contributed by atoms with Gasteiger partial charge in [0.1, 0.15) is 0 Å². The molecule has 1 aliphatic carbocycles. The van der Waals surface area contributed by atoms with Crippen LogP contribution < -0.4 is 0 Å². The smallest absolute Gasteiger partial charge is 0.0306 e. The number of fused-ring (bicyclic) bond motifs is 1. The van der Waals surface area contributed by atoms with E-state index >= 15 is 0 Å². The van der Waals surface area contributed by atoms with Crippen molar-refractivity contribution in [2.75, 3.05) is 13.6 Å². The lowest BCUT2D eigenvalue weighted by Gasteiger charge is -2.21. The molecule has 1 heterocycles. The second-order valence-corrected chi connectivity index (χ2v) is 5.81. The van der Waals surface area contributed by atoms with Crippen LogP contribution in [0, 0.1) is 17.3 Å². The summed E-state index contributed by atoms with van der Waals surface area (Å²) in [5.74, 6) is 2.02. The number of hydrogen-bond donors (Lipinski definition) is 0. The number of likely N-dealkylation sites (tertiary alicyclic amines) is 1. The van der Waals surface area contributed by atoms with Gasteiger partial charge in [-0.15, -0.1) is 0 Å². The number of likely N-dealkylation sites (N-methyl/N-ethyl adjacent to an activating group) is 1. The number of rotatable bonds is 1. The Bertz CT molecular complexity index is 222. The molecule has 1 nitrogen and oxygen atoms in total. The second-order valence-electron chi connectivity index (χ2n) is 5.81. The summed E-state index contributed by atoms with van der Waals surface area (Å²) in [4.78, 5) is 2.50. The molecular formula is C12H21N. The Balaban J connectivity index is 1.98. The van der Waals surface area contributed by atoms with Gasteiger partial charge < -0.3 is 0 Å². The first-order valence-corrected chi connectivity index (χ1v) is 5.37. The molecule has 1 saturated carbocycles. The Morgan fingerprint density at radius 2 is 2.00 bits per heavy atom. The minimum atomic E-state index is 0.341. The fourth-order valence-corrected chi connectivity index (χ4v) is 2.39. The number of hydrogen-bond acceptors (Lipinski definition) is 1. The summed E-state index contributed by atoms with van der Waals surface area (Å²) >= 11 is 0. The molecule has 0 aromatic carbocycles. The van der Waals surface area contributed by atoms with E-state index in [9.17, 15) is 0 Å². The van der Waals surface area contributed by atoms with Crippen LogP contribution in [0.2, 0.25) is 0 Å². The highest BCUT2D eigenvalue weighted by Gasteiger charge is 2.49. The first-order valence-electron chi connectivity index (χ1n) is 5.37. The van der Waals surface area contributed by atoms with Crippen molar-refractivity contribution in [1.82, 2.24) is 4.90 Å². The molecule has 0 spiro atoms. The quantitative estimate of drug-likeness (QED) is 0.559. The van der Waals surface area contributed by atoms with Crippen molar-refractivity contribution < 1.29 is 0 Å². The maximum absolute atomic E-state index is 2.50. The van der Waals surface area contributed by atoms with Crippen LogP contribution in [0.15, 0.2) is 12.2 Å². The zero-order valence-corrected chi connectivity index (χ0v) is 9.25. The molecule has 74 valence electrons. The fourth-order valence-electron chi connectivity index (χ4n) is 2.39. The highest BCUT2D eigenvalue weighted by Crippen LogP contribution is 2.49. The molecule has 1 aliphatic heterocycles. The SMILES string of the molecule is CN1C[C@H]2CC2C1/C=C/C(C)(C)C. The van der Waals surface area contributed by atoms with E-state index < -0.39 is 0 Å². The Hall–Kier alpha value is -0.300. The van der Waals surface area contributed by atoms with Gasteiger partial charge in [-0.05, 0) is 30.7 Å². The van der Waals surface area contributed by atoms with Gasteiger partial charge in [0.2, 0.25) is 0 Å². The predicted octanol–water partition coefficient (Wildman–Crippen LogP) is 2.54. The molecule has 2 unspecified atom stereocenters. The van der Waals surface area contributed by atoms with Gasteiger partial charge in [0.05, 0.1) is 0 Å². The van der Waals surface area contributed by atoms with E-state index in [1.54, 1.807) is 0 Å². The minimum Gasteiger partial charge on any atom is -0.299 e. The van der Waals surface area contributed by atoms with Crippen LogP contribution in [0.5, 0.6) is 0 Å². The Morgan fingerprint density at radius 1 is 1.31 bits per heavy atom. The van der Waals surface area contributed by atoms with Gasteiger partial charge >= 0.3 is 0 Å². The summed E-state index contributed by atoms with van der Waals surface area (Å²) in [6.45, 7) is 8.12. The molecule has 13 heavy (non-hydrogen) atoms. The number of piperidine rings is 1. The average Bonchev–Trinajstić information content (AvgIpc) is 2.60. The second kappa shape index (κ2) is 2.84. The van der Waals surface area contributed by atoms with Gasteiger partial charge in [-0.25, -0.2) is 0 Å². The van der Waals surface area contributed by atoms with Gasteiger partial charge in [-0.2, -0.15) is 0 Å². The topological polar surface area (TPSA) is 3.24 Å². The third-order valence-corrected chi connectivity index (χ3v) is 3.24. The summed E-state index contributed by atoms with van der Waals surface area (Å²) in [5.41, 5.74) is 0.341. The standard InChI is InChI=1S/C12H21N/c1-12(2,3)6-5-11-10-7-9(10)8-13(11)4/h5-6,9-11H,7-8H2,1-4H3/b6-5+/t9-,10?,11?/m1/s1. The van der Waals surface area contributed by atoms with Gasteiger partial charge in [-0.3, -0.25) is 4.90 Å². The zero-order valence-electron chi connectivity index (χ0n) is 9.25. The molecule has 2 fully saturated rings. The summed E-state index contributed by atoms with van der Waals surface area (Å²) < 4.78 is 0. The first kappa shape index (κ1) is 9.26. The molecule has 0 aromatic heterocycles. The molecule has 0 amide bonds. The monoisotopic (exact) mass is 179 g/mol. The van der Waals surface area contributed by atoms with Gasteiger partial charge in [0.25, 0.3) is 0 Å². The summed E-state index contributed by atoms with van der Waals surface area (Å²) in [5, 5.41) is 0. The van der Waals surface area contributed by atoms with Gasteiger partial charge in [-0.1, -0.05) is 32.9 Å². The molecular weight excluding hydrogens is 158 g/mol. The Labute approximate surface area is 81.8 Å². The average molecular weight is 179 g/mol. The van der Waals surface area contributed by atoms with Crippen molar-refractivity contribution in [2.24, 2.45) is 17.3 Å². The molecule has 0 aromatic rings. The van der Waals surface area contributed by atoms with Crippen LogP contribution in [-0.4, -0.2) is 24.5 Å². The first-order chi connectivity index (χ1) is 5.97. The molecule has 3 atom stereocenters. The number of nitrogens with zero attached hydrogens (tertiary/aromatic N) is 1. The number of allylic oxidation sites excluding steroid dienone is 1. The lowest BCUT2D eigenvalue weighted by atomic mass is 9.95. The third-order valence-electron chi connectivity index (χ3n) is 3.24. The molecule has 1 heteroatoms. The summed E-state index contributed by atoms with van der Waals surface area (Å²) in [6, 6.07) is 0.740. The van der Waals surface area contributed by atoms with Crippen LogP contribution in [0.4, 0.5) is 0 Å². The molecule has 2 rings (SSSR count). The van der Waals surface area contributed by atoms with E-state index in [1.165, 1.54) is 13.0 Å². The van der Waals surface area contributed by atoms with Crippen LogP contribution in [0.25, 0.3) is 0 Å². The highest BCUT2D eigenvalue weighted by molar-refractivity contribution is 5.12. The van der Waals surface area contributed by atoms with Crippen LogP contribution in [-0.2, 0) is 0 Å². The van der Waals surface area contributed by atoms with Crippen molar-refractivity contribution in [2.45, 2.75) is 33.2 Å². The van der Waals surface area contributed by atoms with Crippen molar-refractivity contribution in [3.8, 4) is 0 Å². The normalized spacial score (nSPS) is 39.8. The lowest BCUT2D eigenvalue weighted by molar-refractivity contribution is 0.311. The van der Waals surface area contributed by atoms with Crippen molar-refractivity contribution >= 4 is 0 Å². The zero-order chi connectivity index (χ0) is 9.64. The Morgan fingerprint density at radius 3 is 2.46 bits per heavy atom. The van der Waals surface area contributed by atoms with Gasteiger partial charge in [0, 0.05) is 12.6 Å². The van der Waals surface area contributed by atoms with E-state index in [-0.39, 0.29) is 0 Å². The summed E-state index contributed by atoms with van der Waals surface area (Å²) in [7, 11) is 2.25.